The summed E-state index contributed by atoms with van der Waals surface area (Å²) in [5.41, 5.74) is 0. The molecule has 0 aliphatic rings. The molecule has 4 heteroatoms. The SMILES string of the molecule is CC(=O)N=C=NCCCN(C)C. The summed E-state index contributed by atoms with van der Waals surface area (Å²) in [6.45, 7) is 3.04. The Morgan fingerprint density at radius 2 is 2.17 bits per heavy atom. The van der Waals surface area contributed by atoms with Crippen molar-refractivity contribution in [2.24, 2.45) is 9.98 Å². The highest BCUT2D eigenvalue weighted by Crippen LogP contribution is 1.82. The Hall–Kier alpha value is -0.990. The number of amides is 1. The van der Waals surface area contributed by atoms with Gasteiger partial charge in [0.15, 0.2) is 0 Å². The minimum atomic E-state index is -0.258. The number of aliphatic imine (C=N–C) groups is 2. The molecule has 0 aromatic carbocycles. The summed E-state index contributed by atoms with van der Waals surface area (Å²) in [5.74, 6) is -0.258. The molecule has 0 N–H and O–H groups in total. The normalized spacial score (nSPS) is 9.33. The number of hydrogen-bond donors (Lipinski definition) is 0. The number of rotatable bonds is 4. The Morgan fingerprint density at radius 1 is 1.50 bits per heavy atom. The molecule has 4 nitrogen and oxygen atoms in total. The van der Waals surface area contributed by atoms with Gasteiger partial charge in [-0.15, -0.1) is 0 Å². The minimum absolute atomic E-state index is 0.258. The van der Waals surface area contributed by atoms with Gasteiger partial charge >= 0.3 is 0 Å². The average Bonchev–Trinajstić information content (AvgIpc) is 1.95. The van der Waals surface area contributed by atoms with Gasteiger partial charge in [-0.3, -0.25) is 4.79 Å². The molecule has 0 aromatic rings. The molecular weight excluding hydrogens is 154 g/mol. The number of nitrogens with zero attached hydrogens (tertiary/aromatic N) is 3. The van der Waals surface area contributed by atoms with E-state index in [2.05, 4.69) is 20.9 Å². The third-order valence-electron chi connectivity index (χ3n) is 1.15. The molecule has 12 heavy (non-hydrogen) atoms. The van der Waals surface area contributed by atoms with E-state index < -0.39 is 0 Å². The average molecular weight is 169 g/mol. The van der Waals surface area contributed by atoms with Crippen molar-refractivity contribution in [2.75, 3.05) is 27.2 Å². The lowest BCUT2D eigenvalue weighted by Crippen LogP contribution is -2.13. The van der Waals surface area contributed by atoms with E-state index >= 15 is 0 Å². The van der Waals surface area contributed by atoms with Crippen molar-refractivity contribution in [3.63, 3.8) is 0 Å². The van der Waals surface area contributed by atoms with Gasteiger partial charge < -0.3 is 4.90 Å². The molecular formula is C8H15N3O. The summed E-state index contributed by atoms with van der Waals surface area (Å²) in [7, 11) is 4.01. The van der Waals surface area contributed by atoms with Crippen molar-refractivity contribution in [3.8, 4) is 0 Å². The molecule has 0 radical (unpaired) electrons. The van der Waals surface area contributed by atoms with Crippen LogP contribution < -0.4 is 0 Å². The second-order valence-corrected chi connectivity index (χ2v) is 2.77. The van der Waals surface area contributed by atoms with Crippen LogP contribution in [0.3, 0.4) is 0 Å². The van der Waals surface area contributed by atoms with Gasteiger partial charge in [0.1, 0.15) is 0 Å². The van der Waals surface area contributed by atoms with Gasteiger partial charge in [-0.05, 0) is 27.1 Å². The van der Waals surface area contributed by atoms with E-state index in [1.165, 1.54) is 6.92 Å². The van der Waals surface area contributed by atoms with Crippen molar-refractivity contribution in [3.05, 3.63) is 0 Å². The van der Waals surface area contributed by atoms with Gasteiger partial charge in [0.05, 0.1) is 12.6 Å². The van der Waals surface area contributed by atoms with Crippen LogP contribution in [0.15, 0.2) is 9.98 Å². The third-order valence-corrected chi connectivity index (χ3v) is 1.15. The highest BCUT2D eigenvalue weighted by molar-refractivity contribution is 5.79. The van der Waals surface area contributed by atoms with E-state index in [1.54, 1.807) is 0 Å². The van der Waals surface area contributed by atoms with Crippen LogP contribution in [0.1, 0.15) is 13.3 Å². The Labute approximate surface area is 73.0 Å². The monoisotopic (exact) mass is 169 g/mol. The first kappa shape index (κ1) is 11.0. The van der Waals surface area contributed by atoms with Gasteiger partial charge in [0.2, 0.25) is 0 Å². The molecule has 0 aliphatic carbocycles. The highest BCUT2D eigenvalue weighted by Gasteiger charge is 1.87. The van der Waals surface area contributed by atoms with E-state index in [1.807, 2.05) is 14.1 Å². The van der Waals surface area contributed by atoms with Crippen LogP contribution in [0.5, 0.6) is 0 Å². The van der Waals surface area contributed by atoms with Crippen LogP contribution in [0, 0.1) is 0 Å². The Balaban J connectivity index is 3.42. The zero-order chi connectivity index (χ0) is 9.40. The maximum atomic E-state index is 10.3. The fourth-order valence-corrected chi connectivity index (χ4v) is 0.622. The first-order valence-corrected chi connectivity index (χ1v) is 3.90. The number of carbonyl (C=O) groups is 1. The van der Waals surface area contributed by atoms with Crippen molar-refractivity contribution in [1.82, 2.24) is 4.90 Å². The molecule has 0 aliphatic heterocycles. The summed E-state index contributed by atoms with van der Waals surface area (Å²) in [6.07, 6.45) is 0.966. The predicted octanol–water partition coefficient (Wildman–Crippen LogP) is 0.659. The summed E-state index contributed by atoms with van der Waals surface area (Å²) < 4.78 is 0. The Kier molecular flexibility index (Phi) is 6.15. The second kappa shape index (κ2) is 6.70. The van der Waals surface area contributed by atoms with Gasteiger partial charge in [0.25, 0.3) is 5.91 Å². The largest absolute Gasteiger partial charge is 0.309 e. The van der Waals surface area contributed by atoms with Gasteiger partial charge in [-0.25, -0.2) is 4.99 Å². The molecule has 1 amide bonds. The van der Waals surface area contributed by atoms with Crippen molar-refractivity contribution < 1.29 is 4.79 Å². The molecule has 0 aromatic heterocycles. The van der Waals surface area contributed by atoms with Gasteiger partial charge in [-0.1, -0.05) is 0 Å². The quantitative estimate of drug-likeness (QED) is 0.458. The molecule has 0 atom stereocenters. The van der Waals surface area contributed by atoms with Crippen molar-refractivity contribution in [2.45, 2.75) is 13.3 Å². The summed E-state index contributed by atoms with van der Waals surface area (Å²) in [4.78, 5) is 19.6. The second-order valence-electron chi connectivity index (χ2n) is 2.77. The molecule has 0 saturated heterocycles. The molecule has 0 saturated carbocycles. The number of hydrogen-bond acceptors (Lipinski definition) is 3. The molecule has 0 heterocycles. The van der Waals surface area contributed by atoms with Crippen molar-refractivity contribution in [1.29, 1.82) is 0 Å². The fraction of sp³-hybridized carbons (Fsp3) is 0.750. The van der Waals surface area contributed by atoms with Crippen LogP contribution in [0.25, 0.3) is 0 Å². The smallest absolute Gasteiger partial charge is 0.251 e. The zero-order valence-corrected chi connectivity index (χ0v) is 7.87. The first-order valence-electron chi connectivity index (χ1n) is 3.90. The molecule has 0 fully saturated rings. The minimum Gasteiger partial charge on any atom is -0.309 e. The lowest BCUT2D eigenvalue weighted by atomic mass is 10.4. The molecule has 0 unspecified atom stereocenters. The van der Waals surface area contributed by atoms with Crippen LogP contribution >= 0.6 is 0 Å². The van der Waals surface area contributed by atoms with Gasteiger partial charge in [-0.2, -0.15) is 4.99 Å². The summed E-state index contributed by atoms with van der Waals surface area (Å²) >= 11 is 0. The van der Waals surface area contributed by atoms with E-state index in [0.29, 0.717) is 6.54 Å². The van der Waals surface area contributed by atoms with Crippen molar-refractivity contribution >= 4 is 11.9 Å². The number of carbonyl (C=O) groups excluding carboxylic acids is 1. The Bertz CT molecular complexity index is 192. The van der Waals surface area contributed by atoms with Gasteiger partial charge in [0, 0.05) is 6.92 Å². The van der Waals surface area contributed by atoms with E-state index in [9.17, 15) is 4.79 Å². The summed E-state index contributed by atoms with van der Waals surface area (Å²) in [6, 6.07) is 2.34. The molecule has 68 valence electrons. The molecule has 0 spiro atoms. The maximum absolute atomic E-state index is 10.3. The van der Waals surface area contributed by atoms with Crippen LogP contribution in [0.2, 0.25) is 0 Å². The third kappa shape index (κ3) is 9.01. The van der Waals surface area contributed by atoms with E-state index in [0.717, 1.165) is 13.0 Å². The van der Waals surface area contributed by atoms with Crippen LogP contribution in [-0.2, 0) is 4.79 Å². The van der Waals surface area contributed by atoms with E-state index in [-0.39, 0.29) is 5.91 Å². The lowest BCUT2D eigenvalue weighted by Gasteiger charge is -2.05. The maximum Gasteiger partial charge on any atom is 0.251 e. The topological polar surface area (TPSA) is 45.0 Å². The predicted molar refractivity (Wildman–Crippen MR) is 48.6 cm³/mol. The Morgan fingerprint density at radius 3 is 2.67 bits per heavy atom. The van der Waals surface area contributed by atoms with Crippen LogP contribution in [0.4, 0.5) is 0 Å². The highest BCUT2D eigenvalue weighted by atomic mass is 16.1. The van der Waals surface area contributed by atoms with Crippen LogP contribution in [-0.4, -0.2) is 44.0 Å². The summed E-state index contributed by atoms with van der Waals surface area (Å²) in [5, 5.41) is 0. The molecule has 0 bridgehead atoms. The van der Waals surface area contributed by atoms with E-state index in [4.69, 9.17) is 0 Å². The fourth-order valence-electron chi connectivity index (χ4n) is 0.622. The first-order chi connectivity index (χ1) is 5.63. The molecule has 0 rings (SSSR count). The lowest BCUT2D eigenvalue weighted by molar-refractivity contribution is -0.115. The standard InChI is InChI=1S/C8H15N3O/c1-8(12)10-7-9-5-4-6-11(2)3/h4-6H2,1-3H3. The zero-order valence-electron chi connectivity index (χ0n) is 7.87.